The molecule has 3 rings (SSSR count). The molecule has 2 aromatic carbocycles. The molecule has 0 aliphatic heterocycles. The first-order chi connectivity index (χ1) is 9.65. The average Bonchev–Trinajstić information content (AvgIpc) is 2.83. The Morgan fingerprint density at radius 2 is 1.30 bits per heavy atom. The molecular weight excluding hydrogens is 314 g/mol. The van der Waals surface area contributed by atoms with Gasteiger partial charge in [0.2, 0.25) is 0 Å². The maximum atomic E-state index is 5.51. The highest BCUT2D eigenvalue weighted by atomic mass is 79.9. The van der Waals surface area contributed by atoms with E-state index in [-0.39, 0.29) is 0 Å². The predicted octanol–water partition coefficient (Wildman–Crippen LogP) is 5.39. The highest BCUT2D eigenvalue weighted by Gasteiger charge is 2.16. The smallest absolute Gasteiger partial charge is 0.181 e. The summed E-state index contributed by atoms with van der Waals surface area (Å²) in [5, 5.41) is 4.19. The fourth-order valence-corrected chi connectivity index (χ4v) is 2.66. The van der Waals surface area contributed by atoms with E-state index >= 15 is 0 Å². The van der Waals surface area contributed by atoms with Gasteiger partial charge in [-0.05, 0) is 29.8 Å². The van der Waals surface area contributed by atoms with E-state index in [0.29, 0.717) is 0 Å². The molecule has 0 aliphatic rings. The second-order valence-corrected chi connectivity index (χ2v) is 5.70. The molecule has 0 N–H and O–H groups in total. The lowest BCUT2D eigenvalue weighted by atomic mass is 10.1. The molecule has 1 aromatic heterocycles. The van der Waals surface area contributed by atoms with Gasteiger partial charge in [0.1, 0.15) is 5.69 Å². The number of rotatable bonds is 2. The van der Waals surface area contributed by atoms with Crippen LogP contribution < -0.4 is 0 Å². The minimum atomic E-state index is 0.764. The summed E-state index contributed by atoms with van der Waals surface area (Å²) >= 11 is 3.61. The standard InChI is InChI=1S/C17H14BrNO/c1-11-3-7-13(8-4-11)16-15(18)17(20-19-16)14-9-5-12(2)6-10-14/h3-10H,1-2H3. The van der Waals surface area contributed by atoms with Gasteiger partial charge in [0.05, 0.1) is 4.47 Å². The number of hydrogen-bond donors (Lipinski definition) is 0. The maximum absolute atomic E-state index is 5.51. The topological polar surface area (TPSA) is 26.0 Å². The van der Waals surface area contributed by atoms with E-state index in [1.54, 1.807) is 0 Å². The zero-order valence-corrected chi connectivity index (χ0v) is 12.9. The Bertz CT molecular complexity index is 664. The van der Waals surface area contributed by atoms with Crippen LogP contribution in [0.2, 0.25) is 0 Å². The SMILES string of the molecule is Cc1ccc(-c2noc(-c3ccc(C)cc3)c2Br)cc1. The van der Waals surface area contributed by atoms with Gasteiger partial charge in [-0.15, -0.1) is 0 Å². The van der Waals surface area contributed by atoms with Crippen LogP contribution in [-0.4, -0.2) is 5.16 Å². The van der Waals surface area contributed by atoms with Crippen molar-refractivity contribution in [2.45, 2.75) is 13.8 Å². The first-order valence-corrected chi connectivity index (χ1v) is 7.24. The minimum Gasteiger partial charge on any atom is -0.354 e. The van der Waals surface area contributed by atoms with Crippen molar-refractivity contribution in [2.75, 3.05) is 0 Å². The number of nitrogens with zero attached hydrogens (tertiary/aromatic N) is 1. The molecule has 0 aliphatic carbocycles. The van der Waals surface area contributed by atoms with Crippen molar-refractivity contribution >= 4 is 15.9 Å². The van der Waals surface area contributed by atoms with E-state index in [9.17, 15) is 0 Å². The van der Waals surface area contributed by atoms with Crippen LogP contribution in [0.3, 0.4) is 0 Å². The van der Waals surface area contributed by atoms with E-state index in [1.807, 2.05) is 12.1 Å². The normalized spacial score (nSPS) is 10.8. The summed E-state index contributed by atoms with van der Waals surface area (Å²) in [5.74, 6) is 0.764. The Hall–Kier alpha value is -1.87. The summed E-state index contributed by atoms with van der Waals surface area (Å²) in [6.07, 6.45) is 0. The van der Waals surface area contributed by atoms with Gasteiger partial charge < -0.3 is 4.52 Å². The molecule has 3 heteroatoms. The zero-order valence-electron chi connectivity index (χ0n) is 11.4. The monoisotopic (exact) mass is 327 g/mol. The lowest BCUT2D eigenvalue weighted by molar-refractivity contribution is 0.434. The molecule has 0 spiro atoms. The molecule has 0 amide bonds. The molecule has 0 fully saturated rings. The quantitative estimate of drug-likeness (QED) is 0.630. The molecule has 3 aromatic rings. The molecular formula is C17H14BrNO. The summed E-state index contributed by atoms with van der Waals surface area (Å²) in [6.45, 7) is 4.14. The van der Waals surface area contributed by atoms with Gasteiger partial charge in [-0.1, -0.05) is 64.8 Å². The molecule has 2 nitrogen and oxygen atoms in total. The maximum Gasteiger partial charge on any atom is 0.181 e. The lowest BCUT2D eigenvalue weighted by Crippen LogP contribution is -1.80. The third kappa shape index (κ3) is 2.41. The van der Waals surface area contributed by atoms with Crippen LogP contribution in [0, 0.1) is 13.8 Å². The largest absolute Gasteiger partial charge is 0.354 e. The van der Waals surface area contributed by atoms with E-state index in [1.165, 1.54) is 11.1 Å². The van der Waals surface area contributed by atoms with Gasteiger partial charge in [0.15, 0.2) is 5.76 Å². The fraction of sp³-hybridized carbons (Fsp3) is 0.118. The van der Waals surface area contributed by atoms with Crippen molar-refractivity contribution in [2.24, 2.45) is 0 Å². The highest BCUT2D eigenvalue weighted by Crippen LogP contribution is 2.36. The lowest BCUT2D eigenvalue weighted by Gasteiger charge is -1.99. The third-order valence-electron chi connectivity index (χ3n) is 3.27. The average molecular weight is 328 g/mol. The highest BCUT2D eigenvalue weighted by molar-refractivity contribution is 9.10. The number of hydrogen-bond acceptors (Lipinski definition) is 2. The van der Waals surface area contributed by atoms with Gasteiger partial charge >= 0.3 is 0 Å². The molecule has 0 atom stereocenters. The van der Waals surface area contributed by atoms with Crippen LogP contribution in [0.4, 0.5) is 0 Å². The first-order valence-electron chi connectivity index (χ1n) is 6.44. The van der Waals surface area contributed by atoms with Crippen molar-refractivity contribution < 1.29 is 4.52 Å². The van der Waals surface area contributed by atoms with Gasteiger partial charge in [0.25, 0.3) is 0 Å². The molecule has 0 saturated carbocycles. The summed E-state index contributed by atoms with van der Waals surface area (Å²) in [6, 6.07) is 16.5. The minimum absolute atomic E-state index is 0.764. The Balaban J connectivity index is 2.04. The summed E-state index contributed by atoms with van der Waals surface area (Å²) in [7, 11) is 0. The second-order valence-electron chi connectivity index (χ2n) is 4.91. The van der Waals surface area contributed by atoms with Crippen LogP contribution in [0.25, 0.3) is 22.6 Å². The van der Waals surface area contributed by atoms with E-state index < -0.39 is 0 Å². The Kier molecular flexibility index (Phi) is 3.45. The predicted molar refractivity (Wildman–Crippen MR) is 84.5 cm³/mol. The third-order valence-corrected chi connectivity index (χ3v) is 4.01. The second kappa shape index (κ2) is 5.25. The molecule has 0 bridgehead atoms. The zero-order chi connectivity index (χ0) is 14.1. The van der Waals surface area contributed by atoms with E-state index in [0.717, 1.165) is 27.1 Å². The summed E-state index contributed by atoms with van der Waals surface area (Å²) < 4.78 is 6.40. The molecule has 0 unspecified atom stereocenters. The molecule has 20 heavy (non-hydrogen) atoms. The van der Waals surface area contributed by atoms with E-state index in [4.69, 9.17) is 4.52 Å². The Labute approximate surface area is 126 Å². The number of benzene rings is 2. The van der Waals surface area contributed by atoms with Crippen molar-refractivity contribution in [3.8, 4) is 22.6 Å². The molecule has 0 saturated heterocycles. The van der Waals surface area contributed by atoms with Crippen LogP contribution in [-0.2, 0) is 0 Å². The van der Waals surface area contributed by atoms with Crippen molar-refractivity contribution in [1.82, 2.24) is 5.16 Å². The van der Waals surface area contributed by atoms with Crippen molar-refractivity contribution in [1.29, 1.82) is 0 Å². The summed E-state index contributed by atoms with van der Waals surface area (Å²) in [5.41, 5.74) is 5.36. The van der Waals surface area contributed by atoms with Gasteiger partial charge in [-0.2, -0.15) is 0 Å². The fourth-order valence-electron chi connectivity index (χ4n) is 2.05. The van der Waals surface area contributed by atoms with Crippen LogP contribution in [0.5, 0.6) is 0 Å². The Morgan fingerprint density at radius 3 is 1.85 bits per heavy atom. The van der Waals surface area contributed by atoms with Crippen molar-refractivity contribution in [3.63, 3.8) is 0 Å². The molecule has 0 radical (unpaired) electrons. The van der Waals surface area contributed by atoms with Gasteiger partial charge in [-0.25, -0.2) is 0 Å². The van der Waals surface area contributed by atoms with Gasteiger partial charge in [0, 0.05) is 11.1 Å². The first kappa shape index (κ1) is 13.1. The van der Waals surface area contributed by atoms with Crippen LogP contribution in [0.15, 0.2) is 57.5 Å². The van der Waals surface area contributed by atoms with Crippen LogP contribution in [0.1, 0.15) is 11.1 Å². The Morgan fingerprint density at radius 1 is 0.800 bits per heavy atom. The molecule has 1 heterocycles. The van der Waals surface area contributed by atoms with E-state index in [2.05, 4.69) is 71.3 Å². The number of aryl methyl sites for hydroxylation is 2. The number of aromatic nitrogens is 1. The van der Waals surface area contributed by atoms with Gasteiger partial charge in [-0.3, -0.25) is 0 Å². The molecule has 100 valence electrons. The van der Waals surface area contributed by atoms with Crippen LogP contribution >= 0.6 is 15.9 Å². The van der Waals surface area contributed by atoms with Crippen molar-refractivity contribution in [3.05, 3.63) is 64.1 Å². The number of halogens is 1. The summed E-state index contributed by atoms with van der Waals surface area (Å²) in [4.78, 5) is 0.